The van der Waals surface area contributed by atoms with E-state index in [1.807, 2.05) is 4.72 Å². The van der Waals surface area contributed by atoms with Crippen LogP contribution in [0.4, 0.5) is 4.79 Å². The zero-order chi connectivity index (χ0) is 25.6. The van der Waals surface area contributed by atoms with E-state index in [1.165, 1.54) is 6.08 Å². The number of carbonyl (C=O) groups is 5. The van der Waals surface area contributed by atoms with E-state index >= 15 is 0 Å². The molecule has 2 saturated carbocycles. The normalized spacial score (nSPS) is 27.5. The maximum atomic E-state index is 13.2. The molecule has 3 rings (SSSR count). The van der Waals surface area contributed by atoms with E-state index in [1.54, 1.807) is 20.8 Å². The number of Topliss-reactive ketones (excluding diaryl/α,β-unsaturated/α-hetero) is 1. The summed E-state index contributed by atoms with van der Waals surface area (Å²) in [6, 6.07) is -2.50. The van der Waals surface area contributed by atoms with Crippen molar-refractivity contribution < 1.29 is 37.5 Å². The zero-order valence-corrected chi connectivity index (χ0v) is 20.1. The van der Waals surface area contributed by atoms with Crippen LogP contribution in [0.3, 0.4) is 0 Å². The molecule has 3 aliphatic rings. The van der Waals surface area contributed by atoms with E-state index in [2.05, 4.69) is 17.2 Å². The molecular formula is C21H30N4O8S. The fourth-order valence-electron chi connectivity index (χ4n) is 4.11. The van der Waals surface area contributed by atoms with Crippen molar-refractivity contribution in [2.75, 3.05) is 6.54 Å². The Morgan fingerprint density at radius 1 is 1.24 bits per heavy atom. The molecule has 1 aliphatic heterocycles. The topological polar surface area (TPSA) is 179 Å². The van der Waals surface area contributed by atoms with Crippen LogP contribution < -0.4 is 15.4 Å². The molecular weight excluding hydrogens is 468 g/mol. The average Bonchev–Trinajstić information content (AvgIpc) is 3.62. The van der Waals surface area contributed by atoms with E-state index < -0.39 is 73.8 Å². The van der Waals surface area contributed by atoms with Gasteiger partial charge in [0.15, 0.2) is 5.78 Å². The van der Waals surface area contributed by atoms with Gasteiger partial charge in [-0.25, -0.2) is 13.2 Å². The van der Waals surface area contributed by atoms with Crippen LogP contribution in [-0.4, -0.2) is 77.4 Å². The highest BCUT2D eigenvalue weighted by Gasteiger charge is 2.62. The number of nitrogens with one attached hydrogen (secondary N) is 3. The van der Waals surface area contributed by atoms with Gasteiger partial charge in [-0.1, -0.05) is 26.8 Å². The predicted molar refractivity (Wildman–Crippen MR) is 119 cm³/mol. The molecule has 1 saturated heterocycles. The second kappa shape index (κ2) is 8.67. The summed E-state index contributed by atoms with van der Waals surface area (Å²) in [7, 11) is -3.86. The maximum absolute atomic E-state index is 13.2. The molecule has 13 heteroatoms. The molecule has 2 aliphatic carbocycles. The fourth-order valence-corrected chi connectivity index (χ4v) is 5.48. The van der Waals surface area contributed by atoms with Crippen LogP contribution in [0.2, 0.25) is 0 Å². The number of hydrogen-bond donors (Lipinski definition) is 4. The third-order valence-electron chi connectivity index (χ3n) is 6.36. The molecule has 3 fully saturated rings. The number of nitrogens with zero attached hydrogens (tertiary/aromatic N) is 1. The van der Waals surface area contributed by atoms with Crippen LogP contribution >= 0.6 is 0 Å². The number of rotatable bonds is 8. The summed E-state index contributed by atoms with van der Waals surface area (Å²) in [5.41, 5.74) is -2.41. The second-order valence-electron chi connectivity index (χ2n) is 10.2. The molecule has 4 amide bonds. The molecule has 0 aromatic heterocycles. The molecule has 0 radical (unpaired) electrons. The standard InChI is InChI=1S/C21H30N4O8S/c1-5-11-9-21(11,18(29)24-34(32,33)13-6-7-13)23-16(27)14-8-12(26)10-25(14)17(28)15(20(2,3)4)22-19(30)31/h5,11,13-15,22H,1,6-10H2,2-4H3,(H,23,27)(H,24,29)(H,30,31)/t11-,14+,15-,21-/m1/s1. The van der Waals surface area contributed by atoms with E-state index in [0.717, 1.165) is 4.90 Å². The molecule has 4 N–H and O–H groups in total. The van der Waals surface area contributed by atoms with Gasteiger partial charge >= 0.3 is 6.09 Å². The molecule has 0 unspecified atom stereocenters. The molecule has 12 nitrogen and oxygen atoms in total. The molecule has 1 heterocycles. The maximum Gasteiger partial charge on any atom is 0.405 e. The Morgan fingerprint density at radius 3 is 2.32 bits per heavy atom. The van der Waals surface area contributed by atoms with Crippen LogP contribution in [0, 0.1) is 11.3 Å². The van der Waals surface area contributed by atoms with Crippen LogP contribution in [0.5, 0.6) is 0 Å². The summed E-state index contributed by atoms with van der Waals surface area (Å²) >= 11 is 0. The van der Waals surface area contributed by atoms with Crippen molar-refractivity contribution in [3.05, 3.63) is 12.7 Å². The summed E-state index contributed by atoms with van der Waals surface area (Å²) in [6.07, 6.45) is 0.713. The smallest absolute Gasteiger partial charge is 0.405 e. The van der Waals surface area contributed by atoms with Crippen LogP contribution in [0.15, 0.2) is 12.7 Å². The van der Waals surface area contributed by atoms with E-state index in [-0.39, 0.29) is 19.4 Å². The highest BCUT2D eigenvalue weighted by molar-refractivity contribution is 7.91. The highest BCUT2D eigenvalue weighted by atomic mass is 32.2. The Labute approximate surface area is 197 Å². The molecule has 0 aromatic rings. The lowest BCUT2D eigenvalue weighted by molar-refractivity contribution is -0.143. The van der Waals surface area contributed by atoms with Gasteiger partial charge in [0.2, 0.25) is 21.8 Å². The Balaban J connectivity index is 1.80. The van der Waals surface area contributed by atoms with Crippen molar-refractivity contribution in [3.8, 4) is 0 Å². The third-order valence-corrected chi connectivity index (χ3v) is 8.18. The quantitative estimate of drug-likeness (QED) is 0.324. The van der Waals surface area contributed by atoms with Gasteiger partial charge in [-0.2, -0.15) is 0 Å². The molecule has 0 aromatic carbocycles. The van der Waals surface area contributed by atoms with Crippen molar-refractivity contribution in [2.45, 2.75) is 69.3 Å². The van der Waals surface area contributed by atoms with E-state index in [4.69, 9.17) is 5.11 Å². The Bertz CT molecular complexity index is 1050. The van der Waals surface area contributed by atoms with Crippen molar-refractivity contribution in [3.63, 3.8) is 0 Å². The van der Waals surface area contributed by atoms with Gasteiger partial charge in [-0.3, -0.25) is 23.9 Å². The average molecular weight is 499 g/mol. The van der Waals surface area contributed by atoms with Gasteiger partial charge in [0, 0.05) is 12.3 Å². The van der Waals surface area contributed by atoms with Crippen molar-refractivity contribution in [1.82, 2.24) is 20.3 Å². The van der Waals surface area contributed by atoms with Gasteiger partial charge in [0.05, 0.1) is 11.8 Å². The van der Waals surface area contributed by atoms with Crippen molar-refractivity contribution >= 4 is 39.6 Å². The summed E-state index contributed by atoms with van der Waals surface area (Å²) < 4.78 is 26.5. The minimum atomic E-state index is -3.86. The van der Waals surface area contributed by atoms with Crippen LogP contribution in [-0.2, 0) is 29.2 Å². The SMILES string of the molecule is C=C[C@@H]1C[C@]1(NC(=O)[C@@H]1CC(=O)CN1C(=O)[C@@H](NC(=O)O)C(C)(C)C)C(=O)NS(=O)(=O)C1CC1. The number of carbonyl (C=O) groups excluding carboxylic acids is 4. The summed E-state index contributed by atoms with van der Waals surface area (Å²) in [5.74, 6) is -3.36. The lowest BCUT2D eigenvalue weighted by atomic mass is 9.85. The molecule has 188 valence electrons. The first kappa shape index (κ1) is 25.7. The Kier molecular flexibility index (Phi) is 6.55. The van der Waals surface area contributed by atoms with Gasteiger partial charge in [-0.05, 0) is 24.7 Å². The van der Waals surface area contributed by atoms with Crippen LogP contribution in [0.1, 0.15) is 46.5 Å². The molecule has 34 heavy (non-hydrogen) atoms. The molecule has 4 atom stereocenters. The first-order valence-corrected chi connectivity index (χ1v) is 12.5. The zero-order valence-electron chi connectivity index (χ0n) is 19.3. The first-order valence-electron chi connectivity index (χ1n) is 10.9. The summed E-state index contributed by atoms with van der Waals surface area (Å²) in [5, 5.41) is 13.2. The monoisotopic (exact) mass is 498 g/mol. The number of hydrogen-bond acceptors (Lipinski definition) is 7. The largest absolute Gasteiger partial charge is 0.465 e. The molecule has 0 bridgehead atoms. The highest BCUT2D eigenvalue weighted by Crippen LogP contribution is 2.45. The third kappa shape index (κ3) is 5.08. The first-order chi connectivity index (χ1) is 15.6. The van der Waals surface area contributed by atoms with E-state index in [0.29, 0.717) is 12.8 Å². The predicted octanol–water partition coefficient (Wildman–Crippen LogP) is -0.492. The van der Waals surface area contributed by atoms with Crippen molar-refractivity contribution in [2.24, 2.45) is 11.3 Å². The summed E-state index contributed by atoms with van der Waals surface area (Å²) in [6.45, 7) is 8.14. The number of sulfonamides is 1. The number of likely N-dealkylation sites (tertiary alicyclic amines) is 1. The Hall–Kier alpha value is -2.96. The number of ketones is 1. The second-order valence-corrected chi connectivity index (χ2v) is 12.1. The van der Waals surface area contributed by atoms with Crippen LogP contribution in [0.25, 0.3) is 0 Å². The summed E-state index contributed by atoms with van der Waals surface area (Å²) in [4.78, 5) is 63.6. The van der Waals surface area contributed by atoms with E-state index in [9.17, 15) is 32.4 Å². The minimum absolute atomic E-state index is 0.119. The minimum Gasteiger partial charge on any atom is -0.465 e. The van der Waals surface area contributed by atoms with Crippen molar-refractivity contribution in [1.29, 1.82) is 0 Å². The van der Waals surface area contributed by atoms with Gasteiger partial charge < -0.3 is 20.6 Å². The van der Waals surface area contributed by atoms with Gasteiger partial charge in [-0.15, -0.1) is 6.58 Å². The van der Waals surface area contributed by atoms with Gasteiger partial charge in [0.25, 0.3) is 5.91 Å². The number of amides is 4. The Morgan fingerprint density at radius 2 is 1.85 bits per heavy atom. The van der Waals surface area contributed by atoms with Gasteiger partial charge in [0.1, 0.15) is 17.6 Å². The fraction of sp³-hybridized carbons (Fsp3) is 0.667. The lowest BCUT2D eigenvalue weighted by Gasteiger charge is -2.34. The lowest BCUT2D eigenvalue weighted by Crippen LogP contribution is -2.60. The molecule has 0 spiro atoms. The number of carboxylic acid groups (broad SMARTS) is 1.